The molecule has 4 rings (SSSR count). The molecular weight excluding hydrogens is 386 g/mol. The topological polar surface area (TPSA) is 109 Å². The zero-order valence-corrected chi connectivity index (χ0v) is 17.3. The Hall–Kier alpha value is -3.27. The van der Waals surface area contributed by atoms with Crippen LogP contribution in [0.3, 0.4) is 0 Å². The molecule has 0 atom stereocenters. The van der Waals surface area contributed by atoms with E-state index in [2.05, 4.69) is 24.8 Å². The molecule has 1 fully saturated rings. The van der Waals surface area contributed by atoms with Crippen molar-refractivity contribution in [3.05, 3.63) is 42.1 Å². The molecule has 10 heteroatoms. The maximum absolute atomic E-state index is 13.1. The smallest absolute Gasteiger partial charge is 0.290 e. The van der Waals surface area contributed by atoms with E-state index in [9.17, 15) is 4.79 Å². The summed E-state index contributed by atoms with van der Waals surface area (Å²) in [6.07, 6.45) is 2.74. The zero-order chi connectivity index (χ0) is 21.5. The molecule has 3 heterocycles. The van der Waals surface area contributed by atoms with Crippen LogP contribution in [0.2, 0.25) is 0 Å². The Kier molecular flexibility index (Phi) is 7.12. The summed E-state index contributed by atoms with van der Waals surface area (Å²) in [5.41, 5.74) is 1.54. The van der Waals surface area contributed by atoms with Gasteiger partial charge in [0.25, 0.3) is 12.4 Å². The van der Waals surface area contributed by atoms with Crippen LogP contribution in [-0.2, 0) is 18.4 Å². The quantitative estimate of drug-likeness (QED) is 0.636. The lowest BCUT2D eigenvalue weighted by Gasteiger charge is -2.21. The molecule has 0 spiro atoms. The van der Waals surface area contributed by atoms with Crippen molar-refractivity contribution < 1.29 is 14.7 Å². The number of carbonyl (C=O) groups excluding carboxylic acids is 1. The first-order valence-corrected chi connectivity index (χ1v) is 9.90. The van der Waals surface area contributed by atoms with Gasteiger partial charge in [-0.05, 0) is 26.0 Å². The van der Waals surface area contributed by atoms with Crippen molar-refractivity contribution in [1.82, 2.24) is 34.3 Å². The average Bonchev–Trinajstić information content (AvgIpc) is 3.21. The molecule has 3 aromatic rings. The van der Waals surface area contributed by atoms with E-state index in [-0.39, 0.29) is 12.4 Å². The Labute approximate surface area is 174 Å². The highest BCUT2D eigenvalue weighted by Gasteiger charge is 2.24. The van der Waals surface area contributed by atoms with Crippen LogP contribution in [0.5, 0.6) is 0 Å². The molecule has 1 aromatic carbocycles. The number of carboxylic acid groups (broad SMARTS) is 1. The largest absolute Gasteiger partial charge is 0.483 e. The molecule has 0 radical (unpaired) electrons. The summed E-state index contributed by atoms with van der Waals surface area (Å²) in [5.74, 6) is 0.965. The molecule has 1 amide bonds. The summed E-state index contributed by atoms with van der Waals surface area (Å²) in [6.45, 7) is 6.89. The summed E-state index contributed by atoms with van der Waals surface area (Å²) in [5, 5.41) is 20.3. The molecule has 1 aliphatic rings. The predicted octanol–water partition coefficient (Wildman–Crippen LogP) is 1.02. The minimum Gasteiger partial charge on any atom is -0.483 e. The third kappa shape index (κ3) is 4.82. The van der Waals surface area contributed by atoms with Crippen LogP contribution in [0.25, 0.3) is 10.9 Å². The van der Waals surface area contributed by atoms with Gasteiger partial charge in [-0.25, -0.2) is 0 Å². The molecule has 0 bridgehead atoms. The van der Waals surface area contributed by atoms with E-state index in [4.69, 9.17) is 9.90 Å². The molecule has 0 aliphatic carbocycles. The summed E-state index contributed by atoms with van der Waals surface area (Å²) >= 11 is 0. The molecule has 2 aromatic heterocycles. The SMILES string of the molecule is Cc1nncn1CCN1CCCN(C(=O)c2nn(C)c3ccccc23)CC1.O=CO. The number of carbonyl (C=O) groups is 2. The van der Waals surface area contributed by atoms with Crippen molar-refractivity contribution in [2.24, 2.45) is 7.05 Å². The molecule has 10 nitrogen and oxygen atoms in total. The number of hydrogen-bond donors (Lipinski definition) is 1. The fourth-order valence-electron chi connectivity index (χ4n) is 3.70. The molecule has 30 heavy (non-hydrogen) atoms. The number of rotatable bonds is 4. The van der Waals surface area contributed by atoms with Gasteiger partial charge in [-0.1, -0.05) is 18.2 Å². The van der Waals surface area contributed by atoms with Crippen LogP contribution in [0, 0.1) is 6.92 Å². The van der Waals surface area contributed by atoms with E-state index in [1.165, 1.54) is 0 Å². The van der Waals surface area contributed by atoms with E-state index < -0.39 is 0 Å². The lowest BCUT2D eigenvalue weighted by atomic mass is 10.2. The maximum atomic E-state index is 13.1. The molecule has 0 unspecified atom stereocenters. The number of hydrogen-bond acceptors (Lipinski definition) is 6. The first-order valence-electron chi connectivity index (χ1n) is 9.90. The number of aryl methyl sites for hydroxylation is 2. The molecule has 0 saturated carbocycles. The van der Waals surface area contributed by atoms with Crippen LogP contribution >= 0.6 is 0 Å². The van der Waals surface area contributed by atoms with Gasteiger partial charge in [0.05, 0.1) is 5.52 Å². The minimum atomic E-state index is -0.250. The maximum Gasteiger partial charge on any atom is 0.290 e. The number of fused-ring (bicyclic) bond motifs is 1. The normalized spacial score (nSPS) is 14.8. The monoisotopic (exact) mass is 413 g/mol. The third-order valence-electron chi connectivity index (χ3n) is 5.30. The molecule has 1 aliphatic heterocycles. The summed E-state index contributed by atoms with van der Waals surface area (Å²) in [6, 6.07) is 7.90. The van der Waals surface area contributed by atoms with Gasteiger partial charge in [-0.2, -0.15) is 5.10 Å². The van der Waals surface area contributed by atoms with E-state index in [0.717, 1.165) is 62.4 Å². The summed E-state index contributed by atoms with van der Waals surface area (Å²) < 4.78 is 3.85. The second kappa shape index (κ2) is 9.97. The standard InChI is InChI=1S/C19H25N7O.CH2O2/c1-15-21-20-14-26(15)13-11-24-8-5-9-25(12-10-24)19(27)18-16-6-3-4-7-17(16)23(2)22-18;2-1-3/h3-4,6-7,14H,5,8-13H2,1-2H3;1H,(H,2,3). The Balaban J connectivity index is 0.000000806. The highest BCUT2D eigenvalue weighted by molar-refractivity contribution is 6.04. The number of aromatic nitrogens is 5. The van der Waals surface area contributed by atoms with Gasteiger partial charge in [-0.15, -0.1) is 10.2 Å². The van der Waals surface area contributed by atoms with Crippen molar-refractivity contribution in [3.8, 4) is 0 Å². The third-order valence-corrected chi connectivity index (χ3v) is 5.30. The zero-order valence-electron chi connectivity index (χ0n) is 17.3. The number of amides is 1. The van der Waals surface area contributed by atoms with E-state index in [1.807, 2.05) is 43.1 Å². The second-order valence-electron chi connectivity index (χ2n) is 7.15. The van der Waals surface area contributed by atoms with Crippen LogP contribution < -0.4 is 0 Å². The van der Waals surface area contributed by atoms with Crippen molar-refractivity contribution in [3.63, 3.8) is 0 Å². The van der Waals surface area contributed by atoms with Crippen LogP contribution in [0.1, 0.15) is 22.7 Å². The number of nitrogens with zero attached hydrogens (tertiary/aromatic N) is 7. The highest BCUT2D eigenvalue weighted by Crippen LogP contribution is 2.19. The number of benzene rings is 1. The van der Waals surface area contributed by atoms with Gasteiger partial charge >= 0.3 is 0 Å². The first-order chi connectivity index (χ1) is 14.5. The van der Waals surface area contributed by atoms with Crippen LogP contribution in [0.4, 0.5) is 0 Å². The average molecular weight is 413 g/mol. The summed E-state index contributed by atoms with van der Waals surface area (Å²) in [7, 11) is 1.89. The fourth-order valence-corrected chi connectivity index (χ4v) is 3.70. The van der Waals surface area contributed by atoms with Gasteiger partial charge in [0.2, 0.25) is 0 Å². The lowest BCUT2D eigenvalue weighted by molar-refractivity contribution is -0.122. The number of para-hydroxylation sites is 1. The highest BCUT2D eigenvalue weighted by atomic mass is 16.3. The Morgan fingerprint density at radius 3 is 2.67 bits per heavy atom. The summed E-state index contributed by atoms with van der Waals surface area (Å²) in [4.78, 5) is 25.8. The first kappa shape index (κ1) is 21.4. The van der Waals surface area contributed by atoms with E-state index in [1.54, 1.807) is 11.0 Å². The van der Waals surface area contributed by atoms with E-state index >= 15 is 0 Å². The van der Waals surface area contributed by atoms with Crippen molar-refractivity contribution in [1.29, 1.82) is 0 Å². The van der Waals surface area contributed by atoms with Crippen LogP contribution in [0.15, 0.2) is 30.6 Å². The second-order valence-corrected chi connectivity index (χ2v) is 7.15. The molecule has 1 saturated heterocycles. The van der Waals surface area contributed by atoms with Crippen molar-refractivity contribution >= 4 is 23.3 Å². The molecule has 1 N–H and O–H groups in total. The Morgan fingerprint density at radius 1 is 1.17 bits per heavy atom. The van der Waals surface area contributed by atoms with Crippen molar-refractivity contribution in [2.75, 3.05) is 32.7 Å². The Morgan fingerprint density at radius 2 is 1.93 bits per heavy atom. The lowest BCUT2D eigenvalue weighted by Crippen LogP contribution is -2.36. The van der Waals surface area contributed by atoms with Crippen LogP contribution in [-0.4, -0.2) is 84.6 Å². The minimum absolute atomic E-state index is 0.0308. The van der Waals surface area contributed by atoms with Gasteiger partial charge in [0.15, 0.2) is 5.69 Å². The predicted molar refractivity (Wildman–Crippen MR) is 111 cm³/mol. The van der Waals surface area contributed by atoms with Gasteiger partial charge in [0, 0.05) is 45.2 Å². The Bertz CT molecular complexity index is 997. The molecular formula is C20H27N7O3. The fraction of sp³-hybridized carbons (Fsp3) is 0.450. The van der Waals surface area contributed by atoms with Gasteiger partial charge in [-0.3, -0.25) is 19.2 Å². The van der Waals surface area contributed by atoms with Gasteiger partial charge < -0.3 is 14.6 Å². The van der Waals surface area contributed by atoms with Gasteiger partial charge in [0.1, 0.15) is 12.2 Å². The van der Waals surface area contributed by atoms with Crippen molar-refractivity contribution in [2.45, 2.75) is 19.9 Å². The van der Waals surface area contributed by atoms with E-state index in [0.29, 0.717) is 5.69 Å². The molecule has 160 valence electrons.